The third-order valence-electron chi connectivity index (χ3n) is 2.44. The van der Waals surface area contributed by atoms with Crippen molar-refractivity contribution in [1.29, 1.82) is 0 Å². The Kier molecular flexibility index (Phi) is 3.69. The van der Waals surface area contributed by atoms with Gasteiger partial charge in [0.25, 0.3) is 0 Å². The average molecular weight is 172 g/mol. The fraction of sp³-hybridized carbons (Fsp3) is 0.889. The van der Waals surface area contributed by atoms with E-state index in [-0.39, 0.29) is 12.2 Å². The normalized spacial score (nSPS) is 31.7. The van der Waals surface area contributed by atoms with E-state index in [1.807, 2.05) is 0 Å². The zero-order chi connectivity index (χ0) is 8.97. The first-order valence-electron chi connectivity index (χ1n) is 4.35. The van der Waals surface area contributed by atoms with Gasteiger partial charge in [0.1, 0.15) is 5.78 Å². The maximum Gasteiger partial charge on any atom is 0.133 e. The molecule has 3 heteroatoms. The standard InChI is InChI=1S/C9H16O3/c1-11-8-5-3-7(10)4-6-9(8)12-2/h8-9H,3-6H2,1-2H3/t8-,9-/m0/s1. The monoisotopic (exact) mass is 172 g/mol. The van der Waals surface area contributed by atoms with Gasteiger partial charge in [-0.25, -0.2) is 0 Å². The molecule has 0 radical (unpaired) electrons. The molecule has 0 heterocycles. The molecule has 0 aliphatic heterocycles. The molecule has 1 aliphatic carbocycles. The second kappa shape index (κ2) is 4.58. The van der Waals surface area contributed by atoms with Crippen LogP contribution >= 0.6 is 0 Å². The van der Waals surface area contributed by atoms with Crippen LogP contribution in [-0.2, 0) is 14.3 Å². The summed E-state index contributed by atoms with van der Waals surface area (Å²) in [7, 11) is 3.35. The minimum absolute atomic E-state index is 0.0986. The number of rotatable bonds is 2. The fourth-order valence-electron chi connectivity index (χ4n) is 1.64. The third-order valence-corrected chi connectivity index (χ3v) is 2.44. The summed E-state index contributed by atoms with van der Waals surface area (Å²) < 4.78 is 10.5. The average Bonchev–Trinajstić information content (AvgIpc) is 2.27. The van der Waals surface area contributed by atoms with E-state index in [1.54, 1.807) is 14.2 Å². The molecule has 3 nitrogen and oxygen atoms in total. The zero-order valence-corrected chi connectivity index (χ0v) is 7.71. The van der Waals surface area contributed by atoms with E-state index in [1.165, 1.54) is 0 Å². The Labute approximate surface area is 73.0 Å². The molecule has 0 N–H and O–H groups in total. The molecule has 0 unspecified atom stereocenters. The first kappa shape index (κ1) is 9.68. The molecule has 0 aromatic carbocycles. The van der Waals surface area contributed by atoms with E-state index in [2.05, 4.69) is 0 Å². The molecule has 1 fully saturated rings. The largest absolute Gasteiger partial charge is 0.379 e. The number of Topliss-reactive ketones (excluding diaryl/α,β-unsaturated/α-hetero) is 1. The lowest BCUT2D eigenvalue weighted by atomic mass is 10.1. The van der Waals surface area contributed by atoms with Crippen LogP contribution in [0.2, 0.25) is 0 Å². The molecule has 0 aromatic heterocycles. The van der Waals surface area contributed by atoms with Crippen molar-refractivity contribution < 1.29 is 14.3 Å². The summed E-state index contributed by atoms with van der Waals surface area (Å²) in [6.45, 7) is 0. The van der Waals surface area contributed by atoms with Crippen molar-refractivity contribution in [3.63, 3.8) is 0 Å². The summed E-state index contributed by atoms with van der Waals surface area (Å²) >= 11 is 0. The smallest absolute Gasteiger partial charge is 0.133 e. The van der Waals surface area contributed by atoms with Crippen molar-refractivity contribution >= 4 is 5.78 Å². The molecule has 12 heavy (non-hydrogen) atoms. The van der Waals surface area contributed by atoms with Crippen LogP contribution in [0.5, 0.6) is 0 Å². The quantitative estimate of drug-likeness (QED) is 0.586. The molecule has 0 saturated heterocycles. The highest BCUT2D eigenvalue weighted by Gasteiger charge is 2.25. The maximum atomic E-state index is 11.1. The highest BCUT2D eigenvalue weighted by atomic mass is 16.5. The zero-order valence-electron chi connectivity index (χ0n) is 7.71. The van der Waals surface area contributed by atoms with Crippen LogP contribution in [0.1, 0.15) is 25.7 Å². The van der Waals surface area contributed by atoms with Gasteiger partial charge in [0.05, 0.1) is 12.2 Å². The van der Waals surface area contributed by atoms with Crippen molar-refractivity contribution in [1.82, 2.24) is 0 Å². The first-order valence-corrected chi connectivity index (χ1v) is 4.35. The molecule has 0 bridgehead atoms. The van der Waals surface area contributed by atoms with Gasteiger partial charge in [0.15, 0.2) is 0 Å². The lowest BCUT2D eigenvalue weighted by Gasteiger charge is -2.21. The van der Waals surface area contributed by atoms with Crippen LogP contribution in [0.4, 0.5) is 0 Å². The molecule has 1 rings (SSSR count). The van der Waals surface area contributed by atoms with Gasteiger partial charge in [-0.3, -0.25) is 4.79 Å². The molecule has 70 valence electrons. The Morgan fingerprint density at radius 3 is 1.83 bits per heavy atom. The summed E-state index contributed by atoms with van der Waals surface area (Å²) in [4.78, 5) is 11.1. The number of hydrogen-bond acceptors (Lipinski definition) is 3. The van der Waals surface area contributed by atoms with Crippen molar-refractivity contribution in [2.24, 2.45) is 0 Å². The summed E-state index contributed by atoms with van der Waals surface area (Å²) in [5, 5.41) is 0. The second-order valence-corrected chi connectivity index (χ2v) is 3.16. The van der Waals surface area contributed by atoms with Crippen LogP contribution in [0.15, 0.2) is 0 Å². The van der Waals surface area contributed by atoms with E-state index >= 15 is 0 Å². The van der Waals surface area contributed by atoms with Crippen LogP contribution in [0, 0.1) is 0 Å². The van der Waals surface area contributed by atoms with Crippen molar-refractivity contribution in [2.45, 2.75) is 37.9 Å². The molecule has 0 aromatic rings. The molecule has 0 amide bonds. The third kappa shape index (κ3) is 2.29. The van der Waals surface area contributed by atoms with Crippen molar-refractivity contribution in [3.05, 3.63) is 0 Å². The summed E-state index contributed by atoms with van der Waals surface area (Å²) in [5.74, 6) is 0.330. The van der Waals surface area contributed by atoms with E-state index in [0.717, 1.165) is 12.8 Å². The van der Waals surface area contributed by atoms with Crippen LogP contribution in [0.25, 0.3) is 0 Å². The predicted octanol–water partition coefficient (Wildman–Crippen LogP) is 1.16. The van der Waals surface area contributed by atoms with Crippen molar-refractivity contribution in [3.8, 4) is 0 Å². The first-order chi connectivity index (χ1) is 5.77. The SMILES string of the molecule is CO[C@H]1CCC(=O)CC[C@@H]1OC. The summed E-state index contributed by atoms with van der Waals surface area (Å²) in [5.41, 5.74) is 0. The second-order valence-electron chi connectivity index (χ2n) is 3.16. The Hall–Kier alpha value is -0.410. The van der Waals surface area contributed by atoms with Gasteiger partial charge in [-0.2, -0.15) is 0 Å². The van der Waals surface area contributed by atoms with Gasteiger partial charge in [-0.05, 0) is 12.8 Å². The number of ether oxygens (including phenoxy) is 2. The van der Waals surface area contributed by atoms with Crippen LogP contribution < -0.4 is 0 Å². The van der Waals surface area contributed by atoms with E-state index in [4.69, 9.17) is 9.47 Å². The maximum absolute atomic E-state index is 11.1. The van der Waals surface area contributed by atoms with Crippen LogP contribution in [-0.4, -0.2) is 32.2 Å². The lowest BCUT2D eigenvalue weighted by Crippen LogP contribution is -2.28. The lowest BCUT2D eigenvalue weighted by molar-refractivity contribution is -0.119. The number of carbonyl (C=O) groups is 1. The van der Waals surface area contributed by atoms with Gasteiger partial charge in [-0.1, -0.05) is 0 Å². The number of ketones is 1. The summed E-state index contributed by atoms with van der Waals surface area (Å²) in [6, 6.07) is 0. The molecule has 2 atom stereocenters. The Morgan fingerprint density at radius 1 is 1.08 bits per heavy atom. The minimum atomic E-state index is 0.0986. The Bertz CT molecular complexity index is 140. The molecular formula is C9H16O3. The predicted molar refractivity (Wildman–Crippen MR) is 45.1 cm³/mol. The Balaban J connectivity index is 2.52. The summed E-state index contributed by atoms with van der Waals surface area (Å²) in [6.07, 6.45) is 3.07. The van der Waals surface area contributed by atoms with E-state index in [9.17, 15) is 4.79 Å². The topological polar surface area (TPSA) is 35.5 Å². The van der Waals surface area contributed by atoms with E-state index < -0.39 is 0 Å². The van der Waals surface area contributed by atoms with Gasteiger partial charge in [0.2, 0.25) is 0 Å². The number of hydrogen-bond donors (Lipinski definition) is 0. The molecule has 1 aliphatic rings. The van der Waals surface area contributed by atoms with Gasteiger partial charge >= 0.3 is 0 Å². The minimum Gasteiger partial charge on any atom is -0.379 e. The van der Waals surface area contributed by atoms with E-state index in [0.29, 0.717) is 18.6 Å². The van der Waals surface area contributed by atoms with Gasteiger partial charge in [-0.15, -0.1) is 0 Å². The molecular weight excluding hydrogens is 156 g/mol. The molecule has 0 spiro atoms. The van der Waals surface area contributed by atoms with Crippen molar-refractivity contribution in [2.75, 3.05) is 14.2 Å². The van der Waals surface area contributed by atoms with Gasteiger partial charge in [0, 0.05) is 27.1 Å². The fourth-order valence-corrected chi connectivity index (χ4v) is 1.64. The highest BCUT2D eigenvalue weighted by molar-refractivity contribution is 5.78. The van der Waals surface area contributed by atoms with Crippen LogP contribution in [0.3, 0.4) is 0 Å². The number of carbonyl (C=O) groups excluding carboxylic acids is 1. The highest BCUT2D eigenvalue weighted by Crippen LogP contribution is 2.19. The number of methoxy groups -OCH3 is 2. The Morgan fingerprint density at radius 2 is 1.50 bits per heavy atom. The molecule has 1 saturated carbocycles. The van der Waals surface area contributed by atoms with Gasteiger partial charge < -0.3 is 9.47 Å².